The van der Waals surface area contributed by atoms with Crippen LogP contribution < -0.4 is 24.3 Å². The molecule has 6 aliphatic rings. The number of rotatable bonds is 7. The fraction of sp³-hybridized carbons (Fsp3) is 0.0550. The zero-order chi connectivity index (χ0) is 81.1. The van der Waals surface area contributed by atoms with Gasteiger partial charge in [-0.1, -0.05) is 418 Å². The van der Waals surface area contributed by atoms with E-state index in [9.17, 15) is 10.0 Å². The van der Waals surface area contributed by atoms with Crippen LogP contribution in [0, 0.1) is 6.92 Å². The molecule has 2 N–H and O–H groups in total. The summed E-state index contributed by atoms with van der Waals surface area (Å²) in [7, 11) is -1.53. The number of aromatic nitrogens is 6. The van der Waals surface area contributed by atoms with Crippen molar-refractivity contribution in [2.75, 3.05) is 0 Å². The second-order valence-electron chi connectivity index (χ2n) is 30.6. The minimum absolute atomic E-state index is 0. The Hall–Kier alpha value is -13.1. The van der Waals surface area contributed by atoms with E-state index in [-0.39, 0.29) is 29.6 Å². The van der Waals surface area contributed by atoms with E-state index in [1.54, 1.807) is 0 Å². The number of fused-ring (bicyclic) bond motifs is 30. The largest absolute Gasteiger partial charge is 1.00 e. The van der Waals surface area contributed by atoms with Crippen LogP contribution in [0.15, 0.2) is 399 Å². The maximum Gasteiger partial charge on any atom is 1.00 e. The van der Waals surface area contributed by atoms with Crippen molar-refractivity contribution in [2.45, 2.75) is 36.0 Å². The molecule has 0 saturated carbocycles. The van der Waals surface area contributed by atoms with Crippen LogP contribution >= 0.6 is 27.5 Å². The summed E-state index contributed by atoms with van der Waals surface area (Å²) in [5.74, 6) is 3.18. The van der Waals surface area contributed by atoms with Crippen molar-refractivity contribution >= 4 is 40.1 Å². The molecule has 8 nitrogen and oxygen atoms in total. The third-order valence-electron chi connectivity index (χ3n) is 24.3. The van der Waals surface area contributed by atoms with Gasteiger partial charge in [-0.25, -0.2) is 19.9 Å². The number of hydrogen-bond donors (Lipinski definition) is 2. The molecule has 0 bridgehead atoms. The van der Waals surface area contributed by atoms with Gasteiger partial charge < -0.3 is 17.0 Å². The molecule has 2 heterocycles. The van der Waals surface area contributed by atoms with E-state index < -0.39 is 17.9 Å². The Morgan fingerprint density at radius 2 is 0.479 bits per heavy atom. The minimum atomic E-state index is -1.53. The van der Waals surface area contributed by atoms with Crippen molar-refractivity contribution in [2.24, 2.45) is 0 Å². The number of hydrogen-bond acceptors (Lipinski definition) is 8. The molecular formula is C109H76BBrClLiN6O2. The van der Waals surface area contributed by atoms with Crippen molar-refractivity contribution in [3.05, 3.63) is 478 Å². The summed E-state index contributed by atoms with van der Waals surface area (Å²) >= 11 is 9.88. The van der Waals surface area contributed by atoms with E-state index in [1.165, 1.54) is 128 Å². The van der Waals surface area contributed by atoms with Crippen LogP contribution in [0.5, 0.6) is 0 Å². The maximum absolute atomic E-state index is 10.3. The van der Waals surface area contributed by atoms with E-state index >= 15 is 0 Å². The fourth-order valence-corrected chi connectivity index (χ4v) is 20.4. The first-order valence-corrected chi connectivity index (χ1v) is 41.8. The molecule has 2 aromatic heterocycles. The molecule has 12 heteroatoms. The van der Waals surface area contributed by atoms with Crippen molar-refractivity contribution in [1.29, 1.82) is 0 Å². The second-order valence-corrected chi connectivity index (χ2v) is 31.8. The van der Waals surface area contributed by atoms with E-state index in [0.29, 0.717) is 34.6 Å². The Bertz CT molecular complexity index is 6690. The summed E-state index contributed by atoms with van der Waals surface area (Å²) in [5, 5.41) is 20.7. The zero-order valence-corrected chi connectivity index (χ0v) is 68.9. The van der Waals surface area contributed by atoms with Gasteiger partial charge in [0.15, 0.2) is 29.1 Å². The van der Waals surface area contributed by atoms with Crippen LogP contribution in [0.2, 0.25) is 5.28 Å². The van der Waals surface area contributed by atoms with Crippen molar-refractivity contribution in [3.63, 3.8) is 0 Å². The van der Waals surface area contributed by atoms with Gasteiger partial charge in [0, 0.05) is 32.3 Å². The van der Waals surface area contributed by atoms with Gasteiger partial charge in [0.25, 0.3) is 0 Å². The molecule has 0 radical (unpaired) electrons. The Morgan fingerprint density at radius 3 is 0.785 bits per heavy atom. The van der Waals surface area contributed by atoms with Gasteiger partial charge >= 0.3 is 26.0 Å². The summed E-state index contributed by atoms with van der Waals surface area (Å²) in [5.41, 5.74) is 34.5. The summed E-state index contributed by atoms with van der Waals surface area (Å²) in [4.78, 5) is 28.2. The third-order valence-corrected chi connectivity index (χ3v) is 25.1. The summed E-state index contributed by atoms with van der Waals surface area (Å²) in [6.07, 6.45) is 2.28. The smallest absolute Gasteiger partial charge is 0.423 e. The zero-order valence-electron chi connectivity index (χ0n) is 66.6. The first-order chi connectivity index (χ1) is 59.2. The van der Waals surface area contributed by atoms with Crippen molar-refractivity contribution in [1.82, 2.24) is 29.9 Å². The maximum atomic E-state index is 10.3. The number of benzene rings is 16. The molecule has 0 amide bonds. The van der Waals surface area contributed by atoms with E-state index in [1.807, 2.05) is 109 Å². The minimum Gasteiger partial charge on any atom is -0.423 e. The van der Waals surface area contributed by atoms with Gasteiger partial charge in [0.2, 0.25) is 5.28 Å². The van der Waals surface area contributed by atoms with Crippen LogP contribution in [0.3, 0.4) is 0 Å². The predicted molar refractivity (Wildman–Crippen MR) is 491 cm³/mol. The molecule has 0 fully saturated rings. The Balaban J connectivity index is 0.000000109. The molecule has 121 heavy (non-hydrogen) atoms. The monoisotopic (exact) mass is 1630 g/mol. The topological polar surface area (TPSA) is 118 Å². The Labute approximate surface area is 730 Å². The van der Waals surface area contributed by atoms with Crippen molar-refractivity contribution < 1.29 is 28.9 Å². The summed E-state index contributed by atoms with van der Waals surface area (Å²) in [6, 6.07) is 138. The van der Waals surface area contributed by atoms with Gasteiger partial charge in [-0.15, -0.1) is 0 Å². The molecular weight excluding hydrogens is 1560 g/mol. The number of unbranched alkanes of at least 4 members (excludes halogenated alkanes) is 1. The molecule has 6 aliphatic carbocycles. The molecule has 24 rings (SSSR count). The molecule has 18 aromatic rings. The number of halogens is 2. The second kappa shape index (κ2) is 32.6. The standard InChI is InChI=1S/C40H25N3.C25H17BO2.C25H15Br.C15H10ClN3.C4H9.Li/c1-3-14-26(15-4-1)37-41-38(27-16-5-2-6-17-27)43-39(42-37)32-22-13-21-31-30-20-9-12-25-35(30)40(36(31)32)33-23-10-7-18-28(33)29-19-8-11-24-34(29)40;27-26(28)23-15-7-11-19-18-10-3-6-14-22(18)25(24(19)23)20-12-4-1-8-16(20)17-9-2-5-13-21(17)25;26-23-15-7-11-19-18-10-3-6-14-22(18)25(24(19)23)20-12-4-1-8-16(20)17-9-2-5-13-21(17)25;16-15-18-13(11-7-3-1-4-8-11)17-14(19-15)12-9-5-2-6-10-12;1-3-4-2;/h1-25H;1-15,27-28H;1-15H;1-10H;1,3-4H2,2H3;/q;;;;-1;+1. The third kappa shape index (κ3) is 12.7. The Kier molecular flexibility index (Phi) is 20.9. The average molecular weight is 1630 g/mol. The van der Waals surface area contributed by atoms with Crippen LogP contribution in [0.4, 0.5) is 0 Å². The molecule has 0 saturated heterocycles. The van der Waals surface area contributed by atoms with Gasteiger partial charge in [-0.05, 0) is 157 Å². The molecule has 572 valence electrons. The van der Waals surface area contributed by atoms with Gasteiger partial charge in [-0.3, -0.25) is 0 Å². The summed E-state index contributed by atoms with van der Waals surface area (Å²) in [6.45, 7) is 5.72. The average Bonchev–Trinajstić information content (AvgIpc) is 1.52. The van der Waals surface area contributed by atoms with Crippen LogP contribution in [0.25, 0.3) is 124 Å². The SMILES string of the molecule is Brc1cccc2c1C1(c3ccccc3-c3ccccc31)c1ccccc1-2.Clc1nc(-c2ccccc2)nc(-c2ccccc2)n1.OB(O)c1cccc2c1C1(c3ccccc3-c3ccccc31)c1ccccc1-2.[CH2-]CCC.[Li+].c1ccc(-c2nc(-c3ccccc3)nc(-c3cccc4c3C3(c5ccccc5-c5ccccc53)c3ccccc3-4)n2)cc1. The van der Waals surface area contributed by atoms with Crippen LogP contribution in [-0.4, -0.2) is 47.1 Å². The molecule has 0 unspecified atom stereocenters. The van der Waals surface area contributed by atoms with Gasteiger partial charge in [0.1, 0.15) is 0 Å². The molecule has 0 aliphatic heterocycles. The van der Waals surface area contributed by atoms with E-state index in [4.69, 9.17) is 26.6 Å². The fourth-order valence-electron chi connectivity index (χ4n) is 19.6. The molecule has 3 spiro atoms. The van der Waals surface area contributed by atoms with Gasteiger partial charge in [-0.2, -0.15) is 16.4 Å². The quantitative estimate of drug-likeness (QED) is 0.120. The van der Waals surface area contributed by atoms with E-state index in [2.05, 4.69) is 330 Å². The molecule has 16 aromatic carbocycles. The van der Waals surface area contributed by atoms with Crippen LogP contribution in [0.1, 0.15) is 86.5 Å². The number of nitrogens with zero attached hydrogens (tertiary/aromatic N) is 6. The van der Waals surface area contributed by atoms with Crippen molar-refractivity contribution in [3.8, 4) is 124 Å². The van der Waals surface area contributed by atoms with Gasteiger partial charge in [0.05, 0.1) is 16.2 Å². The normalized spacial score (nSPS) is 13.1. The first-order valence-electron chi connectivity index (χ1n) is 40.6. The summed E-state index contributed by atoms with van der Waals surface area (Å²) < 4.78 is 1.18. The van der Waals surface area contributed by atoms with E-state index in [0.717, 1.165) is 50.9 Å². The predicted octanol–water partition coefficient (Wildman–Crippen LogP) is 22.2. The first kappa shape index (κ1) is 77.8. The molecule has 0 atom stereocenters. The Morgan fingerprint density at radius 1 is 0.264 bits per heavy atom. The van der Waals surface area contributed by atoms with Crippen LogP contribution in [-0.2, 0) is 16.2 Å².